The normalized spacial score (nSPS) is 14.9. The first-order chi connectivity index (χ1) is 16.0. The third kappa shape index (κ3) is 4.88. The minimum atomic E-state index is -0.509. The molecule has 2 amide bonds. The number of aryl methyl sites for hydroxylation is 1. The minimum absolute atomic E-state index is 0.0651. The lowest BCUT2D eigenvalue weighted by Gasteiger charge is -2.28. The maximum absolute atomic E-state index is 13.1. The molecule has 0 unspecified atom stereocenters. The first-order valence-corrected chi connectivity index (χ1v) is 12.2. The molecule has 4 rings (SSSR count). The molecule has 1 fully saturated rings. The van der Waals surface area contributed by atoms with E-state index in [1.165, 1.54) is 5.56 Å². The highest BCUT2D eigenvalue weighted by atomic mass is 16.2. The molecule has 0 aliphatic heterocycles. The lowest BCUT2D eigenvalue weighted by Crippen LogP contribution is -2.47. The first-order valence-electron chi connectivity index (χ1n) is 12.2. The number of carbonyl (C=O) groups excluding carboxylic acids is 2. The zero-order valence-corrected chi connectivity index (χ0v) is 21.5. The predicted molar refractivity (Wildman–Crippen MR) is 137 cm³/mol. The van der Waals surface area contributed by atoms with Crippen LogP contribution in [0.3, 0.4) is 0 Å². The van der Waals surface area contributed by atoms with Crippen molar-refractivity contribution in [3.05, 3.63) is 35.5 Å². The van der Waals surface area contributed by atoms with Gasteiger partial charge in [0, 0.05) is 47.9 Å². The quantitative estimate of drug-likeness (QED) is 0.513. The molecule has 1 saturated carbocycles. The second-order valence-electron chi connectivity index (χ2n) is 11.0. The third-order valence-corrected chi connectivity index (χ3v) is 6.99. The number of nitrogens with one attached hydrogen (secondary N) is 2. The molecule has 0 bridgehead atoms. The van der Waals surface area contributed by atoms with Gasteiger partial charge >= 0.3 is 0 Å². The number of nitrogens with zero attached hydrogens (tertiary/aromatic N) is 3. The van der Waals surface area contributed by atoms with Crippen molar-refractivity contribution < 1.29 is 9.59 Å². The monoisotopic (exact) mass is 463 g/mol. The largest absolute Gasteiger partial charge is 0.353 e. The van der Waals surface area contributed by atoms with Crippen LogP contribution in [0.25, 0.3) is 22.3 Å². The summed E-state index contributed by atoms with van der Waals surface area (Å²) in [5.74, 6) is 0.0588. The highest BCUT2D eigenvalue weighted by Gasteiger charge is 2.36. The Balaban J connectivity index is 1.56. The minimum Gasteiger partial charge on any atom is -0.353 e. The van der Waals surface area contributed by atoms with Gasteiger partial charge in [-0.3, -0.25) is 14.7 Å². The van der Waals surface area contributed by atoms with Crippen molar-refractivity contribution in [1.29, 1.82) is 0 Å². The Labute approximate surface area is 201 Å². The van der Waals surface area contributed by atoms with Crippen LogP contribution in [0.2, 0.25) is 0 Å². The second kappa shape index (κ2) is 8.93. The van der Waals surface area contributed by atoms with Crippen LogP contribution in [-0.2, 0) is 16.0 Å². The highest BCUT2D eigenvalue weighted by molar-refractivity contribution is 6.00. The molecule has 1 aromatic carbocycles. The first kappa shape index (κ1) is 24.0. The van der Waals surface area contributed by atoms with Crippen LogP contribution in [0.4, 0.5) is 5.69 Å². The number of hydrogen-bond donors (Lipinski definition) is 2. The van der Waals surface area contributed by atoms with Crippen LogP contribution in [0, 0.1) is 18.3 Å². The number of carbonyl (C=O) groups is 2. The molecule has 7 nitrogen and oxygen atoms in total. The van der Waals surface area contributed by atoms with Gasteiger partial charge < -0.3 is 14.8 Å². The summed E-state index contributed by atoms with van der Waals surface area (Å²) in [7, 11) is 3.49. The number of fused-ring (bicyclic) bond motifs is 1. The summed E-state index contributed by atoms with van der Waals surface area (Å²) in [5, 5.41) is 8.80. The van der Waals surface area contributed by atoms with E-state index in [0.29, 0.717) is 0 Å². The molecule has 0 spiro atoms. The predicted octanol–water partition coefficient (Wildman–Crippen LogP) is 5.06. The zero-order valence-electron chi connectivity index (χ0n) is 21.5. The van der Waals surface area contributed by atoms with E-state index in [4.69, 9.17) is 0 Å². The summed E-state index contributed by atoms with van der Waals surface area (Å²) < 4.78 is 0. The van der Waals surface area contributed by atoms with E-state index in [2.05, 4.69) is 48.9 Å². The van der Waals surface area contributed by atoms with Crippen LogP contribution < -0.4 is 4.90 Å². The highest BCUT2D eigenvalue weighted by Crippen LogP contribution is 2.33. The summed E-state index contributed by atoms with van der Waals surface area (Å²) in [6.45, 7) is 10.6. The summed E-state index contributed by atoms with van der Waals surface area (Å²) in [6, 6.07) is 7.56. The summed E-state index contributed by atoms with van der Waals surface area (Å²) in [6.07, 6.45) is 3.90. The molecule has 2 N–H and O–H groups in total. The van der Waals surface area contributed by atoms with Crippen molar-refractivity contribution in [3.63, 3.8) is 0 Å². The molecule has 0 saturated heterocycles. The molecular weight excluding hydrogens is 426 g/mol. The third-order valence-electron chi connectivity index (χ3n) is 6.99. The maximum Gasteiger partial charge on any atom is 0.249 e. The van der Waals surface area contributed by atoms with E-state index in [9.17, 15) is 9.59 Å². The lowest BCUT2D eigenvalue weighted by molar-refractivity contribution is -0.138. The summed E-state index contributed by atoms with van der Waals surface area (Å²) in [5.41, 5.74) is 6.26. The van der Waals surface area contributed by atoms with E-state index in [1.54, 1.807) is 30.8 Å². The van der Waals surface area contributed by atoms with Crippen LogP contribution in [0.5, 0.6) is 0 Å². The average Bonchev–Trinajstić information content (AvgIpc) is 3.45. The van der Waals surface area contributed by atoms with Crippen molar-refractivity contribution >= 4 is 28.4 Å². The Bertz CT molecular complexity index is 1210. The van der Waals surface area contributed by atoms with Crippen molar-refractivity contribution in [2.75, 3.05) is 19.0 Å². The molecule has 7 heteroatoms. The Hall–Kier alpha value is -3.09. The lowest BCUT2D eigenvalue weighted by atomic mass is 9.88. The molecule has 1 aliphatic rings. The standard InChI is InChI=1S/C27H37N5O2/c1-16-21(12-13-27(3,4)5)24(30-29-16)23-14-19-10-11-20(15-22(19)28-23)32(7)25(33)17(2)31(6)26(34)18-8-9-18/h10-11,14-15,17-18,28H,8-9,12-13H2,1-7H3,(H,29,30)/t17-/m0/s1. The van der Waals surface area contributed by atoms with Gasteiger partial charge in [-0.25, -0.2) is 0 Å². The smallest absolute Gasteiger partial charge is 0.249 e. The van der Waals surface area contributed by atoms with E-state index >= 15 is 0 Å². The fraction of sp³-hybridized carbons (Fsp3) is 0.519. The number of benzene rings is 1. The molecule has 34 heavy (non-hydrogen) atoms. The van der Waals surface area contributed by atoms with Crippen molar-refractivity contribution in [1.82, 2.24) is 20.1 Å². The molecule has 3 aromatic rings. The van der Waals surface area contributed by atoms with Gasteiger partial charge in [0.05, 0.1) is 5.69 Å². The van der Waals surface area contributed by atoms with Gasteiger partial charge in [-0.2, -0.15) is 5.10 Å². The average molecular weight is 464 g/mol. The van der Waals surface area contributed by atoms with Gasteiger partial charge in [0.2, 0.25) is 11.8 Å². The van der Waals surface area contributed by atoms with E-state index < -0.39 is 6.04 Å². The Morgan fingerprint density at radius 3 is 2.53 bits per heavy atom. The van der Waals surface area contributed by atoms with E-state index in [0.717, 1.165) is 59.4 Å². The Kier molecular flexibility index (Phi) is 6.32. The van der Waals surface area contributed by atoms with Gasteiger partial charge in [0.15, 0.2) is 0 Å². The van der Waals surface area contributed by atoms with E-state index in [-0.39, 0.29) is 23.1 Å². The fourth-order valence-electron chi connectivity index (χ4n) is 4.31. The van der Waals surface area contributed by atoms with Crippen LogP contribution >= 0.6 is 0 Å². The molecule has 0 radical (unpaired) electrons. The number of H-pyrrole nitrogens is 2. The van der Waals surface area contributed by atoms with E-state index in [1.807, 2.05) is 18.2 Å². The molecular formula is C27H37N5O2. The zero-order chi connectivity index (χ0) is 24.8. The topological polar surface area (TPSA) is 85.1 Å². The number of hydrogen-bond acceptors (Lipinski definition) is 3. The van der Waals surface area contributed by atoms with Crippen molar-refractivity contribution in [2.24, 2.45) is 11.3 Å². The SMILES string of the molecule is Cc1[nH]nc(-c2cc3ccc(N(C)C(=O)[C@H](C)N(C)C(=O)C4CC4)cc3[nH]2)c1CCC(C)(C)C. The second-order valence-corrected chi connectivity index (χ2v) is 11.0. The number of amides is 2. The molecule has 2 heterocycles. The molecule has 1 atom stereocenters. The number of likely N-dealkylation sites (N-methyl/N-ethyl adjacent to an activating group) is 2. The number of aromatic nitrogens is 3. The number of rotatable bonds is 7. The maximum atomic E-state index is 13.1. The van der Waals surface area contributed by atoms with Gasteiger partial charge in [0.1, 0.15) is 11.7 Å². The number of anilines is 1. The molecule has 1 aliphatic carbocycles. The van der Waals surface area contributed by atoms with Gasteiger partial charge in [-0.1, -0.05) is 26.8 Å². The summed E-state index contributed by atoms with van der Waals surface area (Å²) >= 11 is 0. The van der Waals surface area contributed by atoms with Crippen LogP contribution in [-0.4, -0.2) is 52.0 Å². The van der Waals surface area contributed by atoms with Crippen LogP contribution in [0.1, 0.15) is 58.2 Å². The fourth-order valence-corrected chi connectivity index (χ4v) is 4.31. The Morgan fingerprint density at radius 2 is 1.88 bits per heavy atom. The van der Waals surface area contributed by atoms with Gasteiger partial charge in [-0.05, 0) is 63.1 Å². The van der Waals surface area contributed by atoms with Crippen molar-refractivity contribution in [3.8, 4) is 11.4 Å². The number of aromatic amines is 2. The van der Waals surface area contributed by atoms with Crippen LogP contribution in [0.15, 0.2) is 24.3 Å². The van der Waals surface area contributed by atoms with Gasteiger partial charge in [0.25, 0.3) is 0 Å². The van der Waals surface area contributed by atoms with Gasteiger partial charge in [-0.15, -0.1) is 0 Å². The Morgan fingerprint density at radius 1 is 1.18 bits per heavy atom. The molecule has 2 aromatic heterocycles. The summed E-state index contributed by atoms with van der Waals surface area (Å²) in [4.78, 5) is 32.2. The molecule has 182 valence electrons. The van der Waals surface area contributed by atoms with Crippen molar-refractivity contribution in [2.45, 2.75) is 66.3 Å².